The topological polar surface area (TPSA) is 82.5 Å². The third-order valence-electron chi connectivity index (χ3n) is 5.92. The van der Waals surface area contributed by atoms with Gasteiger partial charge in [-0.05, 0) is 29.8 Å². The molecule has 1 unspecified atom stereocenters. The fraction of sp³-hybridized carbons (Fsp3) is 0.421. The SMILES string of the molecule is [O-][N+]12CCC(CC1)C1(CN=C(Nc3cc(-c4ccc(F)nc4)ccn3)O1)C2. The summed E-state index contributed by atoms with van der Waals surface area (Å²) in [6.45, 7) is 2.37. The molecule has 6 heterocycles. The molecule has 2 aromatic heterocycles. The van der Waals surface area contributed by atoms with Gasteiger partial charge in [-0.2, -0.15) is 4.39 Å². The van der Waals surface area contributed by atoms with Gasteiger partial charge in [-0.15, -0.1) is 0 Å². The molecular formula is C19H20FN5O2. The van der Waals surface area contributed by atoms with Gasteiger partial charge in [-0.3, -0.25) is 5.32 Å². The van der Waals surface area contributed by atoms with Gasteiger partial charge in [0, 0.05) is 36.7 Å². The van der Waals surface area contributed by atoms with E-state index in [1.54, 1.807) is 12.3 Å². The fourth-order valence-electron chi connectivity index (χ4n) is 4.50. The summed E-state index contributed by atoms with van der Waals surface area (Å²) in [5, 5.41) is 15.8. The van der Waals surface area contributed by atoms with E-state index in [0.717, 1.165) is 24.0 Å². The first kappa shape index (κ1) is 16.6. The van der Waals surface area contributed by atoms with E-state index < -0.39 is 11.5 Å². The van der Waals surface area contributed by atoms with Crippen molar-refractivity contribution in [3.05, 3.63) is 47.8 Å². The standard InChI is InChI=1S/C19H20FN5O2/c20-16-2-1-14(10-22-16)13-3-6-21-17(9-13)24-18-23-11-19(27-18)12-25(26)7-4-15(19)5-8-25/h1-3,6,9-10,15H,4-5,7-8,11-12H2,(H,21,23,24). The van der Waals surface area contributed by atoms with Crippen molar-refractivity contribution in [3.8, 4) is 11.1 Å². The third-order valence-corrected chi connectivity index (χ3v) is 5.92. The van der Waals surface area contributed by atoms with Crippen LogP contribution >= 0.6 is 0 Å². The predicted molar refractivity (Wildman–Crippen MR) is 98.1 cm³/mol. The van der Waals surface area contributed by atoms with E-state index in [-0.39, 0.29) is 4.65 Å². The van der Waals surface area contributed by atoms with Gasteiger partial charge in [0.05, 0.1) is 19.6 Å². The Bertz CT molecular complexity index is 895. The lowest BCUT2D eigenvalue weighted by molar-refractivity contribution is -0.905. The summed E-state index contributed by atoms with van der Waals surface area (Å²) in [6.07, 6.45) is 4.95. The average Bonchev–Trinajstić information content (AvgIpc) is 3.04. The van der Waals surface area contributed by atoms with E-state index >= 15 is 0 Å². The van der Waals surface area contributed by atoms with Crippen molar-refractivity contribution in [2.75, 3.05) is 31.5 Å². The molecule has 4 aliphatic rings. The third kappa shape index (κ3) is 2.94. The number of pyridine rings is 2. The van der Waals surface area contributed by atoms with Crippen molar-refractivity contribution in [3.63, 3.8) is 0 Å². The number of quaternary nitrogens is 1. The van der Waals surface area contributed by atoms with Crippen LogP contribution < -0.4 is 5.32 Å². The van der Waals surface area contributed by atoms with Gasteiger partial charge in [0.25, 0.3) is 6.02 Å². The summed E-state index contributed by atoms with van der Waals surface area (Å²) in [5.41, 5.74) is 1.18. The average molecular weight is 369 g/mol. The van der Waals surface area contributed by atoms with E-state index in [2.05, 4.69) is 20.3 Å². The lowest BCUT2D eigenvalue weighted by atomic mass is 9.75. The van der Waals surface area contributed by atoms with E-state index in [1.807, 2.05) is 12.1 Å². The second kappa shape index (κ2) is 5.97. The molecule has 2 aromatic rings. The number of aromatic nitrogens is 2. The number of nitrogens with one attached hydrogen (secondary N) is 1. The predicted octanol–water partition coefficient (Wildman–Crippen LogP) is 2.56. The molecule has 0 amide bonds. The molecule has 0 aromatic carbocycles. The Morgan fingerprint density at radius 3 is 2.78 bits per heavy atom. The summed E-state index contributed by atoms with van der Waals surface area (Å²) in [4.78, 5) is 12.5. The van der Waals surface area contributed by atoms with E-state index in [1.165, 1.54) is 12.3 Å². The largest absolute Gasteiger partial charge is 0.633 e. The van der Waals surface area contributed by atoms with Crippen molar-refractivity contribution in [1.29, 1.82) is 0 Å². The zero-order valence-electron chi connectivity index (χ0n) is 14.8. The Labute approximate surface area is 156 Å². The van der Waals surface area contributed by atoms with Crippen LogP contribution in [0.5, 0.6) is 0 Å². The van der Waals surface area contributed by atoms with Crippen LogP contribution in [0.1, 0.15) is 12.8 Å². The van der Waals surface area contributed by atoms with Crippen LogP contribution in [0.4, 0.5) is 10.2 Å². The quantitative estimate of drug-likeness (QED) is 0.500. The van der Waals surface area contributed by atoms with Gasteiger partial charge >= 0.3 is 0 Å². The highest BCUT2D eigenvalue weighted by molar-refractivity contribution is 5.90. The molecule has 0 radical (unpaired) electrons. The highest BCUT2D eigenvalue weighted by atomic mass is 19.1. The van der Waals surface area contributed by atoms with Crippen molar-refractivity contribution in [2.24, 2.45) is 10.9 Å². The number of anilines is 1. The second-order valence-corrected chi connectivity index (χ2v) is 7.65. The maximum absolute atomic E-state index is 13.0. The maximum Gasteiger partial charge on any atom is 0.291 e. The molecular weight excluding hydrogens is 349 g/mol. The van der Waals surface area contributed by atoms with Gasteiger partial charge in [0.15, 0.2) is 5.60 Å². The summed E-state index contributed by atoms with van der Waals surface area (Å²) >= 11 is 0. The van der Waals surface area contributed by atoms with E-state index in [0.29, 0.717) is 43.9 Å². The van der Waals surface area contributed by atoms with Crippen molar-refractivity contribution in [1.82, 2.24) is 9.97 Å². The molecule has 3 saturated heterocycles. The number of piperidine rings is 3. The first-order valence-corrected chi connectivity index (χ1v) is 9.19. The number of hydroxylamine groups is 3. The molecule has 2 bridgehead atoms. The molecule has 7 nitrogen and oxygen atoms in total. The Morgan fingerprint density at radius 2 is 2.04 bits per heavy atom. The minimum atomic E-state index is -0.513. The highest BCUT2D eigenvalue weighted by Crippen LogP contribution is 2.44. The van der Waals surface area contributed by atoms with Crippen LogP contribution in [-0.4, -0.2) is 52.4 Å². The summed E-state index contributed by atoms with van der Waals surface area (Å²) in [5.74, 6) is 0.459. The summed E-state index contributed by atoms with van der Waals surface area (Å²) in [7, 11) is 0. The van der Waals surface area contributed by atoms with Crippen molar-refractivity contribution >= 4 is 11.8 Å². The molecule has 140 valence electrons. The van der Waals surface area contributed by atoms with Gasteiger partial charge in [-0.25, -0.2) is 15.0 Å². The molecule has 1 atom stereocenters. The number of aliphatic imine (C=N–C) groups is 1. The number of hydrogen-bond acceptors (Lipinski definition) is 6. The van der Waals surface area contributed by atoms with Crippen LogP contribution in [0.2, 0.25) is 0 Å². The first-order chi connectivity index (χ1) is 13.0. The molecule has 6 rings (SSSR count). The number of hydrogen-bond donors (Lipinski definition) is 1. The lowest BCUT2D eigenvalue weighted by Crippen LogP contribution is -2.67. The monoisotopic (exact) mass is 369 g/mol. The van der Waals surface area contributed by atoms with Crippen LogP contribution in [0.3, 0.4) is 0 Å². The molecule has 27 heavy (non-hydrogen) atoms. The van der Waals surface area contributed by atoms with Crippen molar-refractivity contribution in [2.45, 2.75) is 18.4 Å². The molecule has 0 aliphatic carbocycles. The van der Waals surface area contributed by atoms with Crippen LogP contribution in [-0.2, 0) is 4.74 Å². The summed E-state index contributed by atoms with van der Waals surface area (Å²) < 4.78 is 19.0. The fourth-order valence-corrected chi connectivity index (χ4v) is 4.50. The zero-order valence-corrected chi connectivity index (χ0v) is 14.8. The molecule has 4 aliphatic heterocycles. The Morgan fingerprint density at radius 1 is 1.19 bits per heavy atom. The second-order valence-electron chi connectivity index (χ2n) is 7.65. The molecule has 1 spiro atoms. The Kier molecular flexibility index (Phi) is 3.66. The van der Waals surface area contributed by atoms with Crippen LogP contribution in [0.25, 0.3) is 11.1 Å². The maximum atomic E-state index is 13.0. The van der Waals surface area contributed by atoms with E-state index in [9.17, 15) is 9.60 Å². The van der Waals surface area contributed by atoms with Gasteiger partial charge < -0.3 is 14.6 Å². The van der Waals surface area contributed by atoms with Gasteiger partial charge in [0.2, 0.25) is 5.95 Å². The molecule has 0 saturated carbocycles. The minimum absolute atomic E-state index is 0.162. The first-order valence-electron chi connectivity index (χ1n) is 9.19. The molecule has 8 heteroatoms. The molecule has 1 N–H and O–H groups in total. The normalized spacial score (nSPS) is 31.6. The van der Waals surface area contributed by atoms with Crippen LogP contribution in [0, 0.1) is 17.1 Å². The summed E-state index contributed by atoms with van der Waals surface area (Å²) in [6, 6.07) is 7.08. The van der Waals surface area contributed by atoms with Crippen molar-refractivity contribution < 1.29 is 13.8 Å². The zero-order chi connectivity index (χ0) is 18.5. The van der Waals surface area contributed by atoms with Gasteiger partial charge in [-0.1, -0.05) is 0 Å². The molecule has 3 fully saturated rings. The number of ether oxygens (including phenoxy) is 1. The smallest absolute Gasteiger partial charge is 0.291 e. The van der Waals surface area contributed by atoms with Crippen LogP contribution in [0.15, 0.2) is 41.7 Å². The highest BCUT2D eigenvalue weighted by Gasteiger charge is 2.56. The number of rotatable bonds is 2. The van der Waals surface area contributed by atoms with Gasteiger partial charge in [0.1, 0.15) is 12.4 Å². The number of fused-ring (bicyclic) bond motifs is 2. The lowest BCUT2D eigenvalue weighted by Gasteiger charge is -2.58. The number of nitrogens with zero attached hydrogens (tertiary/aromatic N) is 4. The number of halogens is 1. The minimum Gasteiger partial charge on any atom is -0.633 e. The number of amidine groups is 1. The Hall–Kier alpha value is -2.58. The Balaban J connectivity index is 1.32. The van der Waals surface area contributed by atoms with E-state index in [4.69, 9.17) is 4.74 Å².